The van der Waals surface area contributed by atoms with Crippen molar-refractivity contribution in [1.29, 1.82) is 0 Å². The van der Waals surface area contributed by atoms with E-state index in [4.69, 9.17) is 4.74 Å². The van der Waals surface area contributed by atoms with E-state index in [1.54, 1.807) is 13.1 Å². The Balaban J connectivity index is 1.49. The predicted molar refractivity (Wildman–Crippen MR) is 117 cm³/mol. The summed E-state index contributed by atoms with van der Waals surface area (Å²) >= 11 is 0. The summed E-state index contributed by atoms with van der Waals surface area (Å²) in [6, 6.07) is 5.73. The molecule has 2 aliphatic rings. The van der Waals surface area contributed by atoms with E-state index in [9.17, 15) is 13.2 Å². The SMILES string of the molecule is CN=C(NCC1(c2cccc(C(F)(F)F)c2)CCOCC1)N1CCC(c2cnn(C)c2)C1. The lowest BCUT2D eigenvalue weighted by Crippen LogP contribution is -2.49. The Hall–Kier alpha value is -2.55. The van der Waals surface area contributed by atoms with Crippen LogP contribution in [0.2, 0.25) is 0 Å². The summed E-state index contributed by atoms with van der Waals surface area (Å²) in [4.78, 5) is 6.69. The van der Waals surface area contributed by atoms with E-state index in [0.717, 1.165) is 31.5 Å². The largest absolute Gasteiger partial charge is 0.416 e. The third-order valence-electron chi connectivity index (χ3n) is 6.73. The lowest BCUT2D eigenvalue weighted by Gasteiger charge is -2.39. The van der Waals surface area contributed by atoms with E-state index in [1.165, 1.54) is 17.7 Å². The molecule has 6 nitrogen and oxygen atoms in total. The Morgan fingerprint density at radius 1 is 1.31 bits per heavy atom. The molecule has 3 heterocycles. The minimum atomic E-state index is -4.36. The quantitative estimate of drug-likeness (QED) is 0.573. The van der Waals surface area contributed by atoms with Crippen molar-refractivity contribution in [1.82, 2.24) is 20.0 Å². The lowest BCUT2D eigenvalue weighted by molar-refractivity contribution is -0.137. The van der Waals surface area contributed by atoms with Crippen LogP contribution in [-0.2, 0) is 23.4 Å². The van der Waals surface area contributed by atoms with Crippen molar-refractivity contribution < 1.29 is 17.9 Å². The molecule has 0 aliphatic carbocycles. The topological polar surface area (TPSA) is 54.7 Å². The first-order chi connectivity index (χ1) is 15.3. The molecule has 2 fully saturated rings. The normalized spacial score (nSPS) is 21.7. The number of halogens is 3. The van der Waals surface area contributed by atoms with Gasteiger partial charge in [0.25, 0.3) is 0 Å². The molecule has 2 saturated heterocycles. The molecule has 2 aliphatic heterocycles. The molecule has 1 atom stereocenters. The maximum Gasteiger partial charge on any atom is 0.416 e. The number of likely N-dealkylation sites (tertiary alicyclic amines) is 1. The van der Waals surface area contributed by atoms with Gasteiger partial charge in [-0.25, -0.2) is 0 Å². The van der Waals surface area contributed by atoms with Gasteiger partial charge in [-0.15, -0.1) is 0 Å². The van der Waals surface area contributed by atoms with Crippen molar-refractivity contribution in [3.8, 4) is 0 Å². The van der Waals surface area contributed by atoms with Crippen LogP contribution in [0.3, 0.4) is 0 Å². The highest BCUT2D eigenvalue weighted by Crippen LogP contribution is 2.38. The summed E-state index contributed by atoms with van der Waals surface area (Å²) in [5.41, 5.74) is 0.880. The second-order valence-electron chi connectivity index (χ2n) is 8.75. The minimum Gasteiger partial charge on any atom is -0.381 e. The molecule has 174 valence electrons. The van der Waals surface area contributed by atoms with Gasteiger partial charge in [-0.3, -0.25) is 9.67 Å². The Morgan fingerprint density at radius 2 is 2.09 bits per heavy atom. The Bertz CT molecular complexity index is 949. The van der Waals surface area contributed by atoms with Crippen molar-refractivity contribution in [3.05, 3.63) is 53.3 Å². The highest BCUT2D eigenvalue weighted by atomic mass is 19.4. The van der Waals surface area contributed by atoms with Crippen molar-refractivity contribution in [2.24, 2.45) is 12.0 Å². The smallest absolute Gasteiger partial charge is 0.381 e. The number of guanidine groups is 1. The molecule has 0 saturated carbocycles. The number of aliphatic imine (C=N–C) groups is 1. The van der Waals surface area contributed by atoms with Gasteiger partial charge < -0.3 is 15.0 Å². The van der Waals surface area contributed by atoms with Crippen LogP contribution >= 0.6 is 0 Å². The summed E-state index contributed by atoms with van der Waals surface area (Å²) < 4.78 is 47.4. The van der Waals surface area contributed by atoms with Crippen molar-refractivity contribution in [3.63, 3.8) is 0 Å². The highest BCUT2D eigenvalue weighted by Gasteiger charge is 2.38. The fourth-order valence-electron chi connectivity index (χ4n) is 4.81. The molecular formula is C23H30F3N5O. The molecule has 9 heteroatoms. The van der Waals surface area contributed by atoms with Gasteiger partial charge in [-0.1, -0.05) is 18.2 Å². The van der Waals surface area contributed by atoms with Crippen LogP contribution in [0.4, 0.5) is 13.2 Å². The number of nitrogens with zero attached hydrogens (tertiary/aromatic N) is 4. The monoisotopic (exact) mass is 449 g/mol. The molecule has 0 spiro atoms. The van der Waals surface area contributed by atoms with Crippen LogP contribution in [0.25, 0.3) is 0 Å². The van der Waals surface area contributed by atoms with Crippen LogP contribution in [0, 0.1) is 0 Å². The summed E-state index contributed by atoms with van der Waals surface area (Å²) in [6.07, 6.45) is 1.94. The molecule has 32 heavy (non-hydrogen) atoms. The maximum absolute atomic E-state index is 13.3. The summed E-state index contributed by atoms with van der Waals surface area (Å²) in [6.45, 7) is 3.29. The summed E-state index contributed by atoms with van der Waals surface area (Å²) in [5.74, 6) is 1.18. The molecule has 1 aromatic carbocycles. The van der Waals surface area contributed by atoms with Gasteiger partial charge in [0.1, 0.15) is 0 Å². The van der Waals surface area contributed by atoms with Crippen molar-refractivity contribution in [2.45, 2.75) is 36.8 Å². The molecular weight excluding hydrogens is 419 g/mol. The molecule has 0 amide bonds. The standard InChI is InChI=1S/C23H30F3N5O/c1-27-21(31-9-6-17(15-31)18-13-29-30(2)14-18)28-16-22(7-10-32-11-8-22)19-4-3-5-20(12-19)23(24,25)26/h3-5,12-14,17H,6-11,15-16H2,1-2H3,(H,27,28). The van der Waals surface area contributed by atoms with Crippen LogP contribution < -0.4 is 5.32 Å². The van der Waals surface area contributed by atoms with Gasteiger partial charge >= 0.3 is 6.18 Å². The number of hydrogen-bond donors (Lipinski definition) is 1. The van der Waals surface area contributed by atoms with E-state index in [0.29, 0.717) is 44.1 Å². The molecule has 0 bridgehead atoms. The second kappa shape index (κ2) is 9.13. The molecule has 2 aromatic rings. The average Bonchev–Trinajstić information content (AvgIpc) is 3.44. The van der Waals surface area contributed by atoms with Crippen LogP contribution in [0.15, 0.2) is 41.7 Å². The zero-order chi connectivity index (χ0) is 22.8. The van der Waals surface area contributed by atoms with E-state index >= 15 is 0 Å². The second-order valence-corrected chi connectivity index (χ2v) is 8.75. The molecule has 1 aromatic heterocycles. The predicted octanol–water partition coefficient (Wildman–Crippen LogP) is 3.55. The van der Waals surface area contributed by atoms with Crippen LogP contribution in [0.5, 0.6) is 0 Å². The molecule has 1 N–H and O–H groups in total. The molecule has 4 rings (SSSR count). The van der Waals surface area contributed by atoms with Gasteiger partial charge in [0.05, 0.1) is 11.8 Å². The first-order valence-corrected chi connectivity index (χ1v) is 11.0. The van der Waals surface area contributed by atoms with Gasteiger partial charge in [-0.2, -0.15) is 18.3 Å². The minimum absolute atomic E-state index is 0.391. The fraction of sp³-hybridized carbons (Fsp3) is 0.565. The maximum atomic E-state index is 13.3. The Labute approximate surface area is 186 Å². The number of nitrogens with one attached hydrogen (secondary N) is 1. The number of aromatic nitrogens is 2. The van der Waals surface area contributed by atoms with Crippen molar-refractivity contribution >= 4 is 5.96 Å². The van der Waals surface area contributed by atoms with E-state index in [-0.39, 0.29) is 0 Å². The first-order valence-electron chi connectivity index (χ1n) is 11.0. The van der Waals surface area contributed by atoms with Gasteiger partial charge in [0, 0.05) is 64.5 Å². The van der Waals surface area contributed by atoms with E-state index in [2.05, 4.69) is 26.5 Å². The van der Waals surface area contributed by atoms with E-state index in [1.807, 2.05) is 17.9 Å². The van der Waals surface area contributed by atoms with Gasteiger partial charge in [0.15, 0.2) is 5.96 Å². The Kier molecular flexibility index (Phi) is 6.46. The number of aryl methyl sites for hydroxylation is 1. The summed E-state index contributed by atoms with van der Waals surface area (Å²) in [7, 11) is 3.67. The Morgan fingerprint density at radius 3 is 2.75 bits per heavy atom. The first kappa shape index (κ1) is 22.6. The number of benzene rings is 1. The number of rotatable bonds is 4. The molecule has 1 unspecified atom stereocenters. The zero-order valence-electron chi connectivity index (χ0n) is 18.5. The average molecular weight is 450 g/mol. The van der Waals surface area contributed by atoms with Gasteiger partial charge in [-0.05, 0) is 36.5 Å². The van der Waals surface area contributed by atoms with Gasteiger partial charge in [0.2, 0.25) is 0 Å². The van der Waals surface area contributed by atoms with E-state index < -0.39 is 17.2 Å². The van der Waals surface area contributed by atoms with Crippen LogP contribution in [-0.4, -0.2) is 60.5 Å². The number of hydrogen-bond acceptors (Lipinski definition) is 3. The lowest BCUT2D eigenvalue weighted by atomic mass is 9.73. The summed E-state index contributed by atoms with van der Waals surface area (Å²) in [5, 5.41) is 7.75. The number of ether oxygens (including phenoxy) is 1. The fourth-order valence-corrected chi connectivity index (χ4v) is 4.81. The molecule has 0 radical (unpaired) electrons. The zero-order valence-corrected chi connectivity index (χ0v) is 18.5. The van der Waals surface area contributed by atoms with Crippen LogP contribution in [0.1, 0.15) is 41.9 Å². The third-order valence-corrected chi connectivity index (χ3v) is 6.73. The number of alkyl halides is 3. The highest BCUT2D eigenvalue weighted by molar-refractivity contribution is 5.80. The van der Waals surface area contributed by atoms with Crippen molar-refractivity contribution in [2.75, 3.05) is 39.9 Å². The third kappa shape index (κ3) is 4.77.